The first-order chi connectivity index (χ1) is 32.7. The molecule has 0 bridgehead atoms. The van der Waals surface area contributed by atoms with E-state index in [1.54, 1.807) is 0 Å². The third kappa shape index (κ3) is 14.2. The maximum absolute atomic E-state index is 4.93. The molecule has 0 heterocycles. The zero-order valence-electron chi connectivity index (χ0n) is 45.8. The van der Waals surface area contributed by atoms with E-state index in [9.17, 15) is 0 Å². The molecule has 0 atom stereocenters. The Morgan fingerprint density at radius 2 is 0.671 bits per heavy atom. The Morgan fingerprint density at radius 1 is 0.400 bits per heavy atom. The molecule has 0 nitrogen and oxygen atoms in total. The van der Waals surface area contributed by atoms with Gasteiger partial charge < -0.3 is 0 Å². The Morgan fingerprint density at radius 3 is 0.914 bits per heavy atom. The van der Waals surface area contributed by atoms with Gasteiger partial charge in [-0.1, -0.05) is 244 Å². The van der Waals surface area contributed by atoms with Crippen LogP contribution >= 0.6 is 17.0 Å². The van der Waals surface area contributed by atoms with Crippen LogP contribution in [-0.2, 0) is 42.5 Å². The topological polar surface area (TPSA) is 0 Å². The Labute approximate surface area is 446 Å². The Kier molecular flexibility index (Phi) is 19.5. The van der Waals surface area contributed by atoms with Crippen molar-refractivity contribution in [2.45, 2.75) is 157 Å². The van der Waals surface area contributed by atoms with Crippen LogP contribution in [0, 0.1) is 0 Å². The van der Waals surface area contributed by atoms with E-state index >= 15 is 0 Å². The zero-order chi connectivity index (χ0) is 51.9. The Balaban J connectivity index is 0.000000235. The van der Waals surface area contributed by atoms with Crippen molar-refractivity contribution < 1.29 is 20.8 Å². The van der Waals surface area contributed by atoms with E-state index in [1.807, 2.05) is 0 Å². The quantitative estimate of drug-likeness (QED) is 0.115. The first-order valence-electron chi connectivity index (χ1n) is 25.2. The van der Waals surface area contributed by atoms with E-state index in [2.05, 4.69) is 269 Å². The number of benzene rings is 6. The molecule has 70 heavy (non-hydrogen) atoms. The van der Waals surface area contributed by atoms with Gasteiger partial charge >= 0.3 is 37.9 Å². The van der Waals surface area contributed by atoms with Gasteiger partial charge in [-0.15, -0.1) is 56.9 Å². The van der Waals surface area contributed by atoms with Crippen LogP contribution in [0.1, 0.15) is 156 Å². The molecule has 8 rings (SSSR count). The number of rotatable bonds is 6. The molecule has 0 fully saturated rings. The van der Waals surface area contributed by atoms with E-state index in [0.717, 1.165) is 9.52 Å². The van der Waals surface area contributed by atoms with Gasteiger partial charge in [-0.25, -0.2) is 0 Å². The fourth-order valence-electron chi connectivity index (χ4n) is 8.89. The van der Waals surface area contributed by atoms with Gasteiger partial charge in [0.05, 0.1) is 0 Å². The van der Waals surface area contributed by atoms with Gasteiger partial charge in [0.25, 0.3) is 0 Å². The van der Waals surface area contributed by atoms with Crippen molar-refractivity contribution in [2.24, 2.45) is 0 Å². The average Bonchev–Trinajstić information content (AvgIpc) is 3.94. The second kappa shape index (κ2) is 23.8. The van der Waals surface area contributed by atoms with Gasteiger partial charge in [-0.2, -0.15) is 12.1 Å². The summed E-state index contributed by atoms with van der Waals surface area (Å²) >= 11 is -0.826. The summed E-state index contributed by atoms with van der Waals surface area (Å²) in [5.74, 6) is 1.03. The van der Waals surface area contributed by atoms with E-state index in [4.69, 9.17) is 17.0 Å². The number of halogens is 2. The first-order valence-corrected chi connectivity index (χ1v) is 33.5. The van der Waals surface area contributed by atoms with E-state index < -0.39 is 20.8 Å². The molecule has 0 amide bonds. The normalized spacial score (nSPS) is 12.0. The SMILES string of the molecule is CC(C)c1cc2c(-c3cc(C(C)(C)C)cc(C(C)(C)C)c3)c(-c3ccccc3)ccc2[cH-]1.CC(C)c1cc2c(-c3cc(C(C)(C)C)cc(C(C)(C)C)c3)c(-c3ccccc3)ccc2[cH-]1.C[Si]C.[Cl][Zr+2][Cl]. The average molecular weight is 1060 g/mol. The van der Waals surface area contributed by atoms with Crippen LogP contribution in [0.25, 0.3) is 66.1 Å². The third-order valence-corrected chi connectivity index (χ3v) is 13.2. The summed E-state index contributed by atoms with van der Waals surface area (Å²) in [7, 11) is 11.0. The summed E-state index contributed by atoms with van der Waals surface area (Å²) in [4.78, 5) is 0. The molecular weight excluding hydrogens is 983 g/mol. The molecule has 2 radical (unpaired) electrons. The minimum absolute atomic E-state index is 0.0892. The van der Waals surface area contributed by atoms with Gasteiger partial charge in [0.1, 0.15) is 0 Å². The van der Waals surface area contributed by atoms with Crippen molar-refractivity contribution in [1.29, 1.82) is 0 Å². The van der Waals surface area contributed by atoms with Gasteiger partial charge in [0, 0.05) is 9.52 Å². The molecule has 8 aromatic rings. The van der Waals surface area contributed by atoms with Crippen LogP contribution in [-0.4, -0.2) is 9.52 Å². The van der Waals surface area contributed by atoms with Crippen molar-refractivity contribution in [3.8, 4) is 44.5 Å². The van der Waals surface area contributed by atoms with Crippen molar-refractivity contribution in [3.05, 3.63) is 179 Å². The molecule has 0 saturated carbocycles. The fourth-order valence-corrected chi connectivity index (χ4v) is 8.89. The molecule has 0 aliphatic carbocycles. The van der Waals surface area contributed by atoms with E-state index in [1.165, 1.54) is 99.4 Å². The molecule has 0 N–H and O–H groups in total. The molecule has 0 unspecified atom stereocenters. The standard InChI is InChI=1S/2C32H37.C2H6Si.2ClH.Zr/c2*1-21(2)24-16-23-14-15-28(22-12-10-9-11-13-22)30(29(23)19-24)25-17-26(31(3,4)5)20-27(18-25)32(6,7)8;1-3-2;;;/h2*9-21H,1-8H3;1-2H3;2*1H;/q2*-1;;;;+4/p-2. The molecule has 366 valence electrons. The van der Waals surface area contributed by atoms with Crippen LogP contribution in [0.5, 0.6) is 0 Å². The van der Waals surface area contributed by atoms with Crippen molar-refractivity contribution in [1.82, 2.24) is 0 Å². The molecule has 0 saturated heterocycles. The molecular formula is C66H80Cl2SiZr. The maximum atomic E-state index is 4.93. The summed E-state index contributed by atoms with van der Waals surface area (Å²) in [5.41, 5.74) is 19.3. The zero-order valence-corrected chi connectivity index (χ0v) is 50.7. The monoisotopic (exact) mass is 1060 g/mol. The molecule has 0 aliphatic heterocycles. The summed E-state index contributed by atoms with van der Waals surface area (Å²) in [6, 6.07) is 55.0. The van der Waals surface area contributed by atoms with Gasteiger partial charge in [-0.05, 0) is 89.1 Å². The minimum atomic E-state index is -0.826. The van der Waals surface area contributed by atoms with Crippen LogP contribution in [0.4, 0.5) is 0 Å². The first kappa shape index (κ1) is 57.1. The van der Waals surface area contributed by atoms with Crippen molar-refractivity contribution in [2.75, 3.05) is 0 Å². The van der Waals surface area contributed by atoms with Gasteiger partial charge in [0.2, 0.25) is 0 Å². The van der Waals surface area contributed by atoms with Crippen LogP contribution in [0.3, 0.4) is 0 Å². The van der Waals surface area contributed by atoms with Crippen molar-refractivity contribution >= 4 is 48.1 Å². The predicted molar refractivity (Wildman–Crippen MR) is 313 cm³/mol. The van der Waals surface area contributed by atoms with Crippen LogP contribution in [0.15, 0.2) is 146 Å². The third-order valence-electron chi connectivity index (χ3n) is 13.2. The molecule has 4 heteroatoms. The fraction of sp³-hybridized carbons (Fsp3) is 0.364. The molecule has 8 aromatic carbocycles. The van der Waals surface area contributed by atoms with Crippen LogP contribution < -0.4 is 0 Å². The number of hydrogen-bond acceptors (Lipinski definition) is 0. The molecule has 0 spiro atoms. The van der Waals surface area contributed by atoms with E-state index in [-0.39, 0.29) is 21.7 Å². The van der Waals surface area contributed by atoms with Crippen LogP contribution in [0.2, 0.25) is 13.1 Å². The summed E-state index contributed by atoms with van der Waals surface area (Å²) in [6.07, 6.45) is 0. The molecule has 0 aliphatic rings. The Bertz CT molecular complexity index is 2670. The summed E-state index contributed by atoms with van der Waals surface area (Å²) in [6.45, 7) is 41.2. The van der Waals surface area contributed by atoms with Crippen molar-refractivity contribution in [3.63, 3.8) is 0 Å². The predicted octanol–water partition coefficient (Wildman–Crippen LogP) is 21.4. The second-order valence-electron chi connectivity index (χ2n) is 23.8. The number of fused-ring (bicyclic) bond motifs is 2. The van der Waals surface area contributed by atoms with E-state index in [0.29, 0.717) is 11.8 Å². The Hall–Kier alpha value is -3.78. The summed E-state index contributed by atoms with van der Waals surface area (Å²) in [5, 5.41) is 5.39. The summed E-state index contributed by atoms with van der Waals surface area (Å²) < 4.78 is 0. The second-order valence-corrected chi connectivity index (χ2v) is 28.5. The number of hydrogen-bond donors (Lipinski definition) is 0. The van der Waals surface area contributed by atoms with Gasteiger partial charge in [0.15, 0.2) is 0 Å². The van der Waals surface area contributed by atoms with Gasteiger partial charge in [-0.3, -0.25) is 0 Å². The molecule has 0 aromatic heterocycles.